The summed E-state index contributed by atoms with van der Waals surface area (Å²) >= 11 is 0. The summed E-state index contributed by atoms with van der Waals surface area (Å²) in [5.41, 5.74) is 3.38. The number of carbonyl (C=O) groups is 1. The van der Waals surface area contributed by atoms with Crippen LogP contribution < -0.4 is 4.90 Å². The minimum absolute atomic E-state index is 0.0410. The molecule has 0 saturated carbocycles. The van der Waals surface area contributed by atoms with Crippen molar-refractivity contribution >= 4 is 11.9 Å². The van der Waals surface area contributed by atoms with Crippen molar-refractivity contribution in [2.45, 2.75) is 44.9 Å². The Morgan fingerprint density at radius 2 is 1.91 bits per heavy atom. The summed E-state index contributed by atoms with van der Waals surface area (Å²) in [5, 5.41) is 4.06. The standard InChI is InChI=1S/C24H28N6O2/c1-17-14-21(32-28-17)20-16-26-24(30-10-3-2-4-11-30)27-22(20)18-7-12-29(13-8-18)23(31)19-6-5-9-25-15-19/h5-6,9,14-16,18H,2-4,7-8,10-13H2,1H3. The highest BCUT2D eigenvalue weighted by molar-refractivity contribution is 5.93. The number of pyridine rings is 1. The van der Waals surface area contributed by atoms with E-state index in [1.54, 1.807) is 18.5 Å². The van der Waals surface area contributed by atoms with E-state index in [0.29, 0.717) is 24.4 Å². The van der Waals surface area contributed by atoms with E-state index < -0.39 is 0 Å². The van der Waals surface area contributed by atoms with Gasteiger partial charge < -0.3 is 14.3 Å². The van der Waals surface area contributed by atoms with Crippen molar-refractivity contribution in [2.75, 3.05) is 31.1 Å². The van der Waals surface area contributed by atoms with Gasteiger partial charge >= 0.3 is 0 Å². The highest BCUT2D eigenvalue weighted by Gasteiger charge is 2.29. The van der Waals surface area contributed by atoms with Gasteiger partial charge in [0.05, 0.1) is 22.5 Å². The van der Waals surface area contributed by atoms with Crippen LogP contribution in [-0.2, 0) is 0 Å². The molecular formula is C24H28N6O2. The van der Waals surface area contributed by atoms with Crippen LogP contribution in [0.3, 0.4) is 0 Å². The number of amides is 1. The average Bonchev–Trinajstić information content (AvgIpc) is 3.30. The Hall–Kier alpha value is -3.29. The number of likely N-dealkylation sites (tertiary alicyclic amines) is 1. The number of rotatable bonds is 4. The lowest BCUT2D eigenvalue weighted by Crippen LogP contribution is -2.38. The number of aryl methyl sites for hydroxylation is 1. The first-order valence-corrected chi connectivity index (χ1v) is 11.4. The second-order valence-electron chi connectivity index (χ2n) is 8.66. The average molecular weight is 433 g/mol. The highest BCUT2D eigenvalue weighted by Crippen LogP contribution is 2.35. The first kappa shape index (κ1) is 20.6. The third-order valence-electron chi connectivity index (χ3n) is 6.42. The van der Waals surface area contributed by atoms with Gasteiger partial charge in [0, 0.05) is 56.8 Å². The summed E-state index contributed by atoms with van der Waals surface area (Å²) in [7, 11) is 0. The minimum atomic E-state index is 0.0410. The molecule has 1 amide bonds. The second-order valence-corrected chi connectivity index (χ2v) is 8.66. The molecule has 32 heavy (non-hydrogen) atoms. The maximum absolute atomic E-state index is 12.8. The van der Waals surface area contributed by atoms with E-state index in [1.807, 2.05) is 30.2 Å². The predicted octanol–water partition coefficient (Wildman–Crippen LogP) is 3.85. The first-order valence-electron chi connectivity index (χ1n) is 11.4. The summed E-state index contributed by atoms with van der Waals surface area (Å²) in [6, 6.07) is 5.56. The molecule has 8 heteroatoms. The van der Waals surface area contributed by atoms with E-state index in [-0.39, 0.29) is 11.8 Å². The lowest BCUT2D eigenvalue weighted by Gasteiger charge is -2.33. The summed E-state index contributed by atoms with van der Waals surface area (Å²) in [5.74, 6) is 1.78. The number of anilines is 1. The normalized spacial score (nSPS) is 17.5. The topological polar surface area (TPSA) is 88.3 Å². The fourth-order valence-electron chi connectivity index (χ4n) is 4.65. The molecule has 0 atom stereocenters. The molecule has 0 unspecified atom stereocenters. The van der Waals surface area contributed by atoms with Crippen LogP contribution in [-0.4, -0.2) is 57.1 Å². The van der Waals surface area contributed by atoms with Gasteiger partial charge in [0.25, 0.3) is 5.91 Å². The number of piperidine rings is 2. The summed E-state index contributed by atoms with van der Waals surface area (Å²) in [6.45, 7) is 5.29. The summed E-state index contributed by atoms with van der Waals surface area (Å²) in [4.78, 5) is 30.8. The number of carbonyl (C=O) groups excluding carboxylic acids is 1. The van der Waals surface area contributed by atoms with Crippen molar-refractivity contribution < 1.29 is 9.32 Å². The largest absolute Gasteiger partial charge is 0.356 e. The zero-order valence-electron chi connectivity index (χ0n) is 18.4. The van der Waals surface area contributed by atoms with Gasteiger partial charge in [0.1, 0.15) is 0 Å². The Morgan fingerprint density at radius 3 is 2.59 bits per heavy atom. The monoisotopic (exact) mass is 432 g/mol. The third kappa shape index (κ3) is 4.22. The molecule has 3 aromatic heterocycles. The molecule has 0 aromatic carbocycles. The molecule has 2 aliphatic heterocycles. The van der Waals surface area contributed by atoms with Crippen molar-refractivity contribution in [3.63, 3.8) is 0 Å². The lowest BCUT2D eigenvalue weighted by atomic mass is 9.90. The van der Waals surface area contributed by atoms with Crippen LogP contribution in [0.4, 0.5) is 5.95 Å². The van der Waals surface area contributed by atoms with Gasteiger partial charge in [0.2, 0.25) is 5.95 Å². The number of hydrogen-bond donors (Lipinski definition) is 0. The fraction of sp³-hybridized carbons (Fsp3) is 0.458. The van der Waals surface area contributed by atoms with E-state index in [1.165, 1.54) is 19.3 Å². The molecular weight excluding hydrogens is 404 g/mol. The Kier molecular flexibility index (Phi) is 5.83. The van der Waals surface area contributed by atoms with Crippen molar-refractivity contribution in [3.05, 3.63) is 53.7 Å². The second kappa shape index (κ2) is 9.06. The molecule has 8 nitrogen and oxygen atoms in total. The van der Waals surface area contributed by atoms with Gasteiger partial charge in [-0.25, -0.2) is 9.97 Å². The molecule has 0 spiro atoms. The molecule has 2 fully saturated rings. The Morgan fingerprint density at radius 1 is 1.09 bits per heavy atom. The molecule has 0 bridgehead atoms. The number of hydrogen-bond acceptors (Lipinski definition) is 7. The van der Waals surface area contributed by atoms with Crippen LogP contribution in [0.15, 0.2) is 41.3 Å². The molecule has 5 heterocycles. The van der Waals surface area contributed by atoms with Crippen LogP contribution >= 0.6 is 0 Å². The Labute approximate surface area is 187 Å². The quantitative estimate of drug-likeness (QED) is 0.619. The zero-order valence-corrected chi connectivity index (χ0v) is 18.4. The van der Waals surface area contributed by atoms with E-state index in [0.717, 1.165) is 48.8 Å². The smallest absolute Gasteiger partial charge is 0.255 e. The molecule has 2 aliphatic rings. The summed E-state index contributed by atoms with van der Waals surface area (Å²) in [6.07, 6.45) is 10.5. The molecule has 3 aromatic rings. The SMILES string of the molecule is Cc1cc(-c2cnc(N3CCCCC3)nc2C2CCN(C(=O)c3cccnc3)CC2)on1. The molecule has 0 radical (unpaired) electrons. The maximum Gasteiger partial charge on any atom is 0.255 e. The Balaban J connectivity index is 1.39. The lowest BCUT2D eigenvalue weighted by molar-refractivity contribution is 0.0711. The van der Waals surface area contributed by atoms with Crippen LogP contribution in [0.2, 0.25) is 0 Å². The van der Waals surface area contributed by atoms with Crippen molar-refractivity contribution in [2.24, 2.45) is 0 Å². The predicted molar refractivity (Wildman–Crippen MR) is 120 cm³/mol. The van der Waals surface area contributed by atoms with Crippen molar-refractivity contribution in [1.29, 1.82) is 0 Å². The van der Waals surface area contributed by atoms with Crippen LogP contribution in [0, 0.1) is 6.92 Å². The van der Waals surface area contributed by atoms with E-state index in [9.17, 15) is 4.79 Å². The minimum Gasteiger partial charge on any atom is -0.356 e. The van der Waals surface area contributed by atoms with Gasteiger partial charge in [-0.1, -0.05) is 5.16 Å². The number of aromatic nitrogens is 4. The fourth-order valence-corrected chi connectivity index (χ4v) is 4.65. The molecule has 166 valence electrons. The van der Waals surface area contributed by atoms with E-state index in [2.05, 4.69) is 20.0 Å². The van der Waals surface area contributed by atoms with Gasteiger partial charge in [-0.3, -0.25) is 9.78 Å². The van der Waals surface area contributed by atoms with Gasteiger partial charge in [-0.05, 0) is 51.2 Å². The van der Waals surface area contributed by atoms with E-state index in [4.69, 9.17) is 9.51 Å². The van der Waals surface area contributed by atoms with E-state index >= 15 is 0 Å². The summed E-state index contributed by atoms with van der Waals surface area (Å²) < 4.78 is 5.57. The van der Waals surface area contributed by atoms with Crippen molar-refractivity contribution in [1.82, 2.24) is 25.0 Å². The first-order chi connectivity index (χ1) is 15.7. The van der Waals surface area contributed by atoms with Crippen LogP contribution in [0.1, 0.15) is 59.8 Å². The molecule has 2 saturated heterocycles. The third-order valence-corrected chi connectivity index (χ3v) is 6.42. The number of nitrogens with zero attached hydrogens (tertiary/aromatic N) is 6. The zero-order chi connectivity index (χ0) is 21.9. The Bertz CT molecular complexity index is 1070. The molecule has 0 aliphatic carbocycles. The van der Waals surface area contributed by atoms with Crippen molar-refractivity contribution in [3.8, 4) is 11.3 Å². The van der Waals surface area contributed by atoms with Gasteiger partial charge in [-0.15, -0.1) is 0 Å². The maximum atomic E-state index is 12.8. The van der Waals surface area contributed by atoms with Crippen LogP contribution in [0.5, 0.6) is 0 Å². The molecule has 0 N–H and O–H groups in total. The van der Waals surface area contributed by atoms with Gasteiger partial charge in [-0.2, -0.15) is 0 Å². The van der Waals surface area contributed by atoms with Gasteiger partial charge in [0.15, 0.2) is 5.76 Å². The van der Waals surface area contributed by atoms with Crippen LogP contribution in [0.25, 0.3) is 11.3 Å². The highest BCUT2D eigenvalue weighted by atomic mass is 16.5. The molecule has 5 rings (SSSR count).